The van der Waals surface area contributed by atoms with Crippen LogP contribution in [-0.2, 0) is 4.79 Å². The third-order valence-electron chi connectivity index (χ3n) is 2.50. The number of hydrogen-bond donors (Lipinski definition) is 3. The molecule has 0 aromatic rings. The van der Waals surface area contributed by atoms with Gasteiger partial charge in [0.25, 0.3) is 0 Å². The van der Waals surface area contributed by atoms with Gasteiger partial charge < -0.3 is 10.2 Å². The van der Waals surface area contributed by atoms with Gasteiger partial charge >= 0.3 is 0 Å². The van der Waals surface area contributed by atoms with Gasteiger partial charge in [-0.25, -0.2) is 0 Å². The predicted molar refractivity (Wildman–Crippen MR) is 47.8 cm³/mol. The Kier molecular flexibility index (Phi) is 3.57. The highest BCUT2D eigenvalue weighted by Gasteiger charge is 2.28. The van der Waals surface area contributed by atoms with Gasteiger partial charge in [-0.2, -0.15) is 0 Å². The molecule has 1 unspecified atom stereocenters. The number of aliphatic hydroxyl groups is 2. The van der Waals surface area contributed by atoms with Crippen molar-refractivity contribution in [2.75, 3.05) is 6.61 Å². The number of carbonyl (C=O) groups excluding carboxylic acids is 1. The molecule has 1 aliphatic carbocycles. The van der Waals surface area contributed by atoms with Crippen molar-refractivity contribution in [2.45, 2.75) is 31.8 Å². The first-order valence-electron chi connectivity index (χ1n) is 4.58. The Balaban J connectivity index is 2.51. The first-order valence-corrected chi connectivity index (χ1v) is 4.58. The summed E-state index contributed by atoms with van der Waals surface area (Å²) in [6.07, 6.45) is 2.39. The fourth-order valence-corrected chi connectivity index (χ4v) is 1.66. The highest BCUT2D eigenvalue weighted by Crippen LogP contribution is 2.25. The number of hydrogen-bond acceptors (Lipinski definition) is 4. The third kappa shape index (κ3) is 2.35. The van der Waals surface area contributed by atoms with Gasteiger partial charge in [0.1, 0.15) is 11.8 Å². The Morgan fingerprint density at radius 2 is 2.00 bits per heavy atom. The van der Waals surface area contributed by atoms with Crippen molar-refractivity contribution in [3.05, 3.63) is 0 Å². The highest BCUT2D eigenvalue weighted by molar-refractivity contribution is 6.40. The zero-order valence-electron chi connectivity index (χ0n) is 7.49. The Bertz CT molecular complexity index is 209. The maximum atomic E-state index is 11.4. The largest absolute Gasteiger partial charge is 0.393 e. The SMILES string of the molecule is N=C(C(=O)C1CCCC1)C(O)CO. The molecule has 4 heteroatoms. The summed E-state index contributed by atoms with van der Waals surface area (Å²) < 4.78 is 0. The van der Waals surface area contributed by atoms with E-state index in [9.17, 15) is 4.79 Å². The van der Waals surface area contributed by atoms with Crippen LogP contribution in [0, 0.1) is 11.3 Å². The second-order valence-electron chi connectivity index (χ2n) is 3.46. The number of carbonyl (C=O) groups is 1. The number of nitrogens with one attached hydrogen (secondary N) is 1. The van der Waals surface area contributed by atoms with E-state index in [0.29, 0.717) is 0 Å². The Labute approximate surface area is 77.1 Å². The number of ketones is 1. The summed E-state index contributed by atoms with van der Waals surface area (Å²) in [5.74, 6) is -0.382. The fraction of sp³-hybridized carbons (Fsp3) is 0.778. The average molecular weight is 185 g/mol. The first-order chi connectivity index (χ1) is 6.16. The van der Waals surface area contributed by atoms with Crippen LogP contribution in [0.4, 0.5) is 0 Å². The van der Waals surface area contributed by atoms with E-state index in [0.717, 1.165) is 25.7 Å². The van der Waals surface area contributed by atoms with Crippen molar-refractivity contribution in [1.29, 1.82) is 5.41 Å². The van der Waals surface area contributed by atoms with Crippen LogP contribution in [0.15, 0.2) is 0 Å². The summed E-state index contributed by atoms with van der Waals surface area (Å²) in [4.78, 5) is 11.4. The molecule has 0 radical (unpaired) electrons. The number of rotatable bonds is 4. The predicted octanol–water partition coefficient (Wildman–Crippen LogP) is 0.119. The minimum Gasteiger partial charge on any atom is -0.393 e. The minimum atomic E-state index is -1.30. The van der Waals surface area contributed by atoms with Crippen LogP contribution in [0.25, 0.3) is 0 Å². The molecular formula is C9H15NO3. The molecule has 1 atom stereocenters. The van der Waals surface area contributed by atoms with E-state index in [-0.39, 0.29) is 17.4 Å². The summed E-state index contributed by atoms with van der Waals surface area (Å²) in [5.41, 5.74) is -0.339. The zero-order chi connectivity index (χ0) is 9.84. The van der Waals surface area contributed by atoms with Crippen molar-refractivity contribution in [1.82, 2.24) is 0 Å². The molecule has 1 saturated carbocycles. The quantitative estimate of drug-likeness (QED) is 0.544. The molecule has 13 heavy (non-hydrogen) atoms. The van der Waals surface area contributed by atoms with E-state index in [1.807, 2.05) is 0 Å². The zero-order valence-corrected chi connectivity index (χ0v) is 7.49. The molecule has 1 fully saturated rings. The van der Waals surface area contributed by atoms with Gasteiger partial charge in [0.05, 0.1) is 6.61 Å². The molecule has 0 bridgehead atoms. The van der Waals surface area contributed by atoms with Crippen LogP contribution < -0.4 is 0 Å². The van der Waals surface area contributed by atoms with Gasteiger partial charge in [0.15, 0.2) is 5.78 Å². The molecule has 1 rings (SSSR count). The van der Waals surface area contributed by atoms with E-state index in [1.54, 1.807) is 0 Å². The Hall–Kier alpha value is -0.740. The summed E-state index contributed by atoms with van der Waals surface area (Å²) in [7, 11) is 0. The van der Waals surface area contributed by atoms with Crippen LogP contribution in [0.1, 0.15) is 25.7 Å². The topological polar surface area (TPSA) is 81.4 Å². The maximum Gasteiger partial charge on any atom is 0.182 e. The van der Waals surface area contributed by atoms with Crippen molar-refractivity contribution in [2.24, 2.45) is 5.92 Å². The summed E-state index contributed by atoms with van der Waals surface area (Å²) in [5, 5.41) is 24.9. The number of Topliss-reactive ketones (excluding diaryl/α,β-unsaturated/α-hetero) is 1. The van der Waals surface area contributed by atoms with Crippen LogP contribution >= 0.6 is 0 Å². The summed E-state index contributed by atoms with van der Waals surface area (Å²) >= 11 is 0. The maximum absolute atomic E-state index is 11.4. The van der Waals surface area contributed by atoms with Crippen molar-refractivity contribution in [3.63, 3.8) is 0 Å². The lowest BCUT2D eigenvalue weighted by molar-refractivity contribution is -0.116. The second-order valence-corrected chi connectivity index (χ2v) is 3.46. The molecule has 3 N–H and O–H groups in total. The normalized spacial score (nSPS) is 20.2. The van der Waals surface area contributed by atoms with E-state index in [4.69, 9.17) is 15.6 Å². The molecule has 4 nitrogen and oxygen atoms in total. The summed E-state index contributed by atoms with van der Waals surface area (Å²) in [6, 6.07) is 0. The standard InChI is InChI=1S/C9H15NO3/c10-8(7(12)5-11)9(13)6-3-1-2-4-6/h6-7,10-12H,1-5H2. The van der Waals surface area contributed by atoms with Gasteiger partial charge in [0, 0.05) is 5.92 Å². The van der Waals surface area contributed by atoms with Gasteiger partial charge in [-0.1, -0.05) is 12.8 Å². The number of aliphatic hydroxyl groups excluding tert-OH is 2. The van der Waals surface area contributed by atoms with Gasteiger partial charge in [-0.05, 0) is 12.8 Å². The molecule has 0 saturated heterocycles. The van der Waals surface area contributed by atoms with Crippen LogP contribution in [-0.4, -0.2) is 34.4 Å². The lowest BCUT2D eigenvalue weighted by atomic mass is 9.96. The lowest BCUT2D eigenvalue weighted by Gasteiger charge is -2.11. The van der Waals surface area contributed by atoms with Gasteiger partial charge in [-0.3, -0.25) is 10.2 Å². The summed E-state index contributed by atoms with van der Waals surface area (Å²) in [6.45, 7) is -0.544. The molecule has 1 aliphatic rings. The van der Waals surface area contributed by atoms with Crippen LogP contribution in [0.5, 0.6) is 0 Å². The monoisotopic (exact) mass is 185 g/mol. The average Bonchev–Trinajstić information content (AvgIpc) is 2.67. The van der Waals surface area contributed by atoms with E-state index >= 15 is 0 Å². The molecule has 0 heterocycles. The molecule has 0 amide bonds. The van der Waals surface area contributed by atoms with E-state index < -0.39 is 12.7 Å². The highest BCUT2D eigenvalue weighted by atomic mass is 16.3. The molecule has 0 aromatic heterocycles. The molecule has 0 aliphatic heterocycles. The smallest absolute Gasteiger partial charge is 0.182 e. The fourth-order valence-electron chi connectivity index (χ4n) is 1.66. The molecule has 0 spiro atoms. The van der Waals surface area contributed by atoms with E-state index in [1.165, 1.54) is 0 Å². The van der Waals surface area contributed by atoms with Gasteiger partial charge in [-0.15, -0.1) is 0 Å². The van der Waals surface area contributed by atoms with Crippen LogP contribution in [0.2, 0.25) is 0 Å². The van der Waals surface area contributed by atoms with Crippen molar-refractivity contribution < 1.29 is 15.0 Å². The van der Waals surface area contributed by atoms with Crippen molar-refractivity contribution >= 4 is 11.5 Å². The van der Waals surface area contributed by atoms with Gasteiger partial charge in [0.2, 0.25) is 0 Å². The first kappa shape index (κ1) is 10.3. The Morgan fingerprint density at radius 1 is 1.46 bits per heavy atom. The lowest BCUT2D eigenvalue weighted by Crippen LogP contribution is -2.34. The minimum absolute atomic E-state index is 0.0892. The van der Waals surface area contributed by atoms with E-state index in [2.05, 4.69) is 0 Å². The molecular weight excluding hydrogens is 170 g/mol. The van der Waals surface area contributed by atoms with Crippen LogP contribution in [0.3, 0.4) is 0 Å². The molecule has 0 aromatic carbocycles. The van der Waals surface area contributed by atoms with Crippen molar-refractivity contribution in [3.8, 4) is 0 Å². The molecule has 74 valence electrons. The Morgan fingerprint density at radius 3 is 2.46 bits per heavy atom. The second kappa shape index (κ2) is 4.48. The third-order valence-corrected chi connectivity index (χ3v) is 2.50.